The van der Waals surface area contributed by atoms with E-state index in [1.807, 2.05) is 42.5 Å². The van der Waals surface area contributed by atoms with Crippen LogP contribution in [0.1, 0.15) is 18.2 Å². The van der Waals surface area contributed by atoms with E-state index in [0.717, 1.165) is 16.3 Å². The van der Waals surface area contributed by atoms with Crippen LogP contribution < -0.4 is 5.32 Å². The number of nitrogens with zero attached hydrogens (tertiary/aromatic N) is 1. The van der Waals surface area contributed by atoms with Crippen molar-refractivity contribution in [1.29, 1.82) is 0 Å². The third kappa shape index (κ3) is 5.54. The molecule has 0 bridgehead atoms. The topological polar surface area (TPSA) is 109 Å². The van der Waals surface area contributed by atoms with Crippen LogP contribution in [0.25, 0.3) is 10.8 Å². The monoisotopic (exact) mass is 427 g/mol. The summed E-state index contributed by atoms with van der Waals surface area (Å²) in [5, 5.41) is 4.71. The first-order valence-electron chi connectivity index (χ1n) is 9.82. The van der Waals surface area contributed by atoms with Crippen molar-refractivity contribution in [1.82, 2.24) is 15.3 Å². The molecule has 3 aromatic rings. The van der Waals surface area contributed by atoms with Crippen LogP contribution in [-0.2, 0) is 32.3 Å². The van der Waals surface area contributed by atoms with Gasteiger partial charge in [0.2, 0.25) is 5.91 Å². The van der Waals surface area contributed by atoms with Crippen molar-refractivity contribution >= 4 is 32.8 Å². The van der Waals surface area contributed by atoms with Crippen LogP contribution in [0.3, 0.4) is 0 Å². The predicted octanol–water partition coefficient (Wildman–Crippen LogP) is 2.08. The summed E-state index contributed by atoms with van der Waals surface area (Å²) in [5.41, 5.74) is 1.61. The normalized spacial score (nSPS) is 13.6. The average Bonchev–Trinajstić information content (AvgIpc) is 3.26. The number of aromatic nitrogens is 2. The molecule has 2 atom stereocenters. The quantitative estimate of drug-likeness (QED) is 0.482. The fraction of sp³-hybridized carbons (Fsp3) is 0.318. The Morgan fingerprint density at radius 2 is 1.93 bits per heavy atom. The van der Waals surface area contributed by atoms with E-state index < -0.39 is 27.7 Å². The summed E-state index contributed by atoms with van der Waals surface area (Å²) in [7, 11) is -3.39. The molecule has 8 heteroatoms. The zero-order chi connectivity index (χ0) is 21.6. The highest BCUT2D eigenvalue weighted by atomic mass is 32.2. The van der Waals surface area contributed by atoms with Crippen molar-refractivity contribution in [3.63, 3.8) is 0 Å². The molecule has 0 radical (unpaired) electrons. The number of H-pyrrole nitrogens is 1. The molecule has 0 fully saturated rings. The zero-order valence-electron chi connectivity index (χ0n) is 16.7. The van der Waals surface area contributed by atoms with E-state index in [1.165, 1.54) is 6.33 Å². The first-order chi connectivity index (χ1) is 14.4. The minimum absolute atomic E-state index is 0.0441. The number of nitrogens with one attached hydrogen (secondary N) is 2. The smallest absolute Gasteiger partial charge is 0.225 e. The number of sulfone groups is 1. The summed E-state index contributed by atoms with van der Waals surface area (Å²) in [4.78, 5) is 31.3. The zero-order valence-corrected chi connectivity index (χ0v) is 17.6. The molecule has 0 saturated carbocycles. The Hall–Kier alpha value is -3.00. The highest BCUT2D eigenvalue weighted by molar-refractivity contribution is 7.91. The molecular weight excluding hydrogens is 402 g/mol. The van der Waals surface area contributed by atoms with Crippen molar-refractivity contribution in [2.24, 2.45) is 5.92 Å². The number of aldehydes is 1. The third-order valence-electron chi connectivity index (χ3n) is 5.10. The maximum atomic E-state index is 13.0. The Balaban J connectivity index is 1.84. The number of carbonyl (C=O) groups excluding carboxylic acids is 2. The van der Waals surface area contributed by atoms with Gasteiger partial charge in [-0.15, -0.1) is 0 Å². The molecule has 2 aromatic carbocycles. The van der Waals surface area contributed by atoms with Crippen molar-refractivity contribution in [3.8, 4) is 0 Å². The molecule has 2 unspecified atom stereocenters. The number of fused-ring (bicyclic) bond motifs is 1. The average molecular weight is 428 g/mol. The standard InChI is InChI=1S/C22H25N3O4S/c1-2-30(28,29)14-18(10-17-8-5-7-16-6-3-4-9-21(16)17)22(27)25-20(13-26)11-19-12-23-15-24-19/h3-9,12-13,15,18,20H,2,10-11,14H2,1H3,(H,23,24)(H,25,27). The number of amides is 1. The summed E-state index contributed by atoms with van der Waals surface area (Å²) in [6.45, 7) is 1.56. The van der Waals surface area contributed by atoms with Crippen molar-refractivity contribution < 1.29 is 18.0 Å². The lowest BCUT2D eigenvalue weighted by molar-refractivity contribution is -0.126. The van der Waals surface area contributed by atoms with Gasteiger partial charge < -0.3 is 15.1 Å². The van der Waals surface area contributed by atoms with E-state index in [2.05, 4.69) is 15.3 Å². The fourth-order valence-corrected chi connectivity index (χ4v) is 4.57. The predicted molar refractivity (Wildman–Crippen MR) is 116 cm³/mol. The van der Waals surface area contributed by atoms with Crippen LogP contribution in [0.5, 0.6) is 0 Å². The molecule has 0 saturated heterocycles. The van der Waals surface area contributed by atoms with Gasteiger partial charge in [0.15, 0.2) is 9.84 Å². The van der Waals surface area contributed by atoms with Gasteiger partial charge in [0.1, 0.15) is 6.29 Å². The van der Waals surface area contributed by atoms with Crippen molar-refractivity contribution in [2.45, 2.75) is 25.8 Å². The molecule has 1 amide bonds. The summed E-state index contributed by atoms with van der Waals surface area (Å²) in [6.07, 6.45) is 4.26. The maximum Gasteiger partial charge on any atom is 0.225 e. The minimum Gasteiger partial charge on any atom is -0.348 e. The van der Waals surface area contributed by atoms with Gasteiger partial charge in [0, 0.05) is 24.1 Å². The van der Waals surface area contributed by atoms with E-state index in [1.54, 1.807) is 13.1 Å². The third-order valence-corrected chi connectivity index (χ3v) is 6.89. The van der Waals surface area contributed by atoms with E-state index in [9.17, 15) is 18.0 Å². The highest BCUT2D eigenvalue weighted by Gasteiger charge is 2.27. The molecule has 0 aliphatic carbocycles. The van der Waals surface area contributed by atoms with Crippen LogP contribution in [0.15, 0.2) is 55.0 Å². The number of hydrogen-bond donors (Lipinski definition) is 2. The van der Waals surface area contributed by atoms with Gasteiger partial charge in [-0.1, -0.05) is 49.4 Å². The second kappa shape index (κ2) is 9.67. The Kier molecular flexibility index (Phi) is 6.99. The Morgan fingerprint density at radius 3 is 2.63 bits per heavy atom. The first kappa shape index (κ1) is 21.7. The lowest BCUT2D eigenvalue weighted by atomic mass is 9.95. The SMILES string of the molecule is CCS(=O)(=O)CC(Cc1cccc2ccccc12)C(=O)NC(C=O)Cc1cnc[nH]1. The first-order valence-corrected chi connectivity index (χ1v) is 11.6. The van der Waals surface area contributed by atoms with Gasteiger partial charge in [0.05, 0.1) is 24.0 Å². The number of imidazole rings is 1. The Morgan fingerprint density at radius 1 is 1.17 bits per heavy atom. The van der Waals surface area contributed by atoms with Crippen LogP contribution in [-0.4, -0.2) is 48.1 Å². The second-order valence-corrected chi connectivity index (χ2v) is 9.67. The van der Waals surface area contributed by atoms with Gasteiger partial charge in [0.25, 0.3) is 0 Å². The summed E-state index contributed by atoms with van der Waals surface area (Å²) in [6, 6.07) is 12.8. The number of rotatable bonds is 10. The van der Waals surface area contributed by atoms with Crippen LogP contribution in [0, 0.1) is 5.92 Å². The summed E-state index contributed by atoms with van der Waals surface area (Å²) < 4.78 is 24.6. The molecule has 0 spiro atoms. The van der Waals surface area contributed by atoms with Gasteiger partial charge >= 0.3 is 0 Å². The lowest BCUT2D eigenvalue weighted by Gasteiger charge is -2.20. The molecule has 30 heavy (non-hydrogen) atoms. The highest BCUT2D eigenvalue weighted by Crippen LogP contribution is 2.22. The largest absolute Gasteiger partial charge is 0.348 e. The van der Waals surface area contributed by atoms with Gasteiger partial charge in [-0.25, -0.2) is 13.4 Å². The van der Waals surface area contributed by atoms with Crippen molar-refractivity contribution in [2.75, 3.05) is 11.5 Å². The van der Waals surface area contributed by atoms with Crippen LogP contribution in [0.2, 0.25) is 0 Å². The molecule has 1 heterocycles. The molecular formula is C22H25N3O4S. The van der Waals surface area contributed by atoms with Crippen LogP contribution in [0.4, 0.5) is 0 Å². The fourth-order valence-electron chi connectivity index (χ4n) is 3.45. The molecule has 1 aromatic heterocycles. The molecule has 0 aliphatic heterocycles. The molecule has 158 valence electrons. The van der Waals surface area contributed by atoms with E-state index in [0.29, 0.717) is 12.0 Å². The Labute approximate surface area is 175 Å². The Bertz CT molecular complexity index is 1110. The molecule has 3 rings (SSSR count). The number of aromatic amines is 1. The second-order valence-electron chi connectivity index (χ2n) is 7.27. The molecule has 0 aliphatic rings. The van der Waals surface area contributed by atoms with Gasteiger partial charge in [-0.05, 0) is 22.8 Å². The van der Waals surface area contributed by atoms with Gasteiger partial charge in [-0.3, -0.25) is 4.79 Å². The summed E-state index contributed by atoms with van der Waals surface area (Å²) in [5.74, 6) is -1.56. The van der Waals surface area contributed by atoms with E-state index in [-0.39, 0.29) is 24.3 Å². The number of hydrogen-bond acceptors (Lipinski definition) is 5. The van der Waals surface area contributed by atoms with E-state index in [4.69, 9.17) is 0 Å². The number of benzene rings is 2. The summed E-state index contributed by atoms with van der Waals surface area (Å²) >= 11 is 0. The van der Waals surface area contributed by atoms with Crippen molar-refractivity contribution in [3.05, 3.63) is 66.2 Å². The maximum absolute atomic E-state index is 13.0. The van der Waals surface area contributed by atoms with Gasteiger partial charge in [-0.2, -0.15) is 0 Å². The van der Waals surface area contributed by atoms with Crippen LogP contribution >= 0.6 is 0 Å². The molecule has 2 N–H and O–H groups in total. The lowest BCUT2D eigenvalue weighted by Crippen LogP contribution is -2.43. The molecule has 7 nitrogen and oxygen atoms in total. The van der Waals surface area contributed by atoms with E-state index >= 15 is 0 Å². The number of carbonyl (C=O) groups is 2. The minimum atomic E-state index is -3.39.